The molecule has 1 amide bonds. The van der Waals surface area contributed by atoms with Crippen LogP contribution in [0, 0.1) is 10.1 Å². The first kappa shape index (κ1) is 23.5. The Morgan fingerprint density at radius 2 is 2.00 bits per heavy atom. The lowest BCUT2D eigenvalue weighted by Crippen LogP contribution is -2.42. The molecule has 31 heavy (non-hydrogen) atoms. The van der Waals surface area contributed by atoms with Gasteiger partial charge in [0, 0.05) is 23.7 Å². The first-order chi connectivity index (χ1) is 14.7. The number of nitrogens with zero attached hydrogens (tertiary/aromatic N) is 2. The number of carbonyl (C=O) groups excluding carboxylic acids is 1. The molecule has 1 heterocycles. The van der Waals surface area contributed by atoms with Crippen LogP contribution in [0.2, 0.25) is 5.02 Å². The van der Waals surface area contributed by atoms with E-state index in [0.29, 0.717) is 6.61 Å². The quantitative estimate of drug-likeness (QED) is 0.411. The number of benzene rings is 2. The van der Waals surface area contributed by atoms with E-state index >= 15 is 0 Å². The molecule has 1 fully saturated rings. The zero-order valence-electron chi connectivity index (χ0n) is 16.2. The molecule has 1 atom stereocenters. The Balaban J connectivity index is 1.91. The van der Waals surface area contributed by atoms with Gasteiger partial charge in [0.25, 0.3) is 15.7 Å². The molecule has 1 aliphatic heterocycles. The third-order valence-corrected chi connectivity index (χ3v) is 7.27. The number of ether oxygens (including phenoxy) is 1. The highest BCUT2D eigenvalue weighted by Gasteiger charge is 2.30. The number of sulfonamides is 1. The number of amides is 1. The summed E-state index contributed by atoms with van der Waals surface area (Å²) >= 11 is 9.10. The summed E-state index contributed by atoms with van der Waals surface area (Å²) in [7, 11) is -4.31. The van der Waals surface area contributed by atoms with Crippen LogP contribution < -0.4 is 9.62 Å². The van der Waals surface area contributed by atoms with Crippen LogP contribution in [0.4, 0.5) is 11.4 Å². The van der Waals surface area contributed by atoms with Gasteiger partial charge < -0.3 is 10.1 Å². The summed E-state index contributed by atoms with van der Waals surface area (Å²) in [5.41, 5.74) is -0.311. The van der Waals surface area contributed by atoms with Crippen LogP contribution in [0.1, 0.15) is 12.8 Å². The molecule has 12 heteroatoms. The summed E-state index contributed by atoms with van der Waals surface area (Å²) in [6, 6.07) is 9.51. The molecule has 9 nitrogen and oxygen atoms in total. The van der Waals surface area contributed by atoms with E-state index in [4.69, 9.17) is 16.3 Å². The van der Waals surface area contributed by atoms with Gasteiger partial charge in [-0.25, -0.2) is 8.42 Å². The normalized spacial score (nSPS) is 16.1. The molecule has 0 bridgehead atoms. The number of halogens is 2. The fourth-order valence-electron chi connectivity index (χ4n) is 3.06. The highest BCUT2D eigenvalue weighted by molar-refractivity contribution is 9.10. The van der Waals surface area contributed by atoms with E-state index in [2.05, 4.69) is 21.2 Å². The fraction of sp³-hybridized carbons (Fsp3) is 0.316. The number of nitro benzene ring substituents is 1. The van der Waals surface area contributed by atoms with Gasteiger partial charge in [0.15, 0.2) is 0 Å². The Morgan fingerprint density at radius 1 is 1.29 bits per heavy atom. The maximum Gasteiger partial charge on any atom is 0.289 e. The molecule has 1 aliphatic rings. The average molecular weight is 533 g/mol. The topological polar surface area (TPSA) is 119 Å². The maximum absolute atomic E-state index is 13.3. The van der Waals surface area contributed by atoms with Crippen molar-refractivity contribution in [1.29, 1.82) is 0 Å². The van der Waals surface area contributed by atoms with Crippen LogP contribution in [0.5, 0.6) is 0 Å². The lowest BCUT2D eigenvalue weighted by atomic mass is 10.2. The molecule has 166 valence electrons. The van der Waals surface area contributed by atoms with Crippen LogP contribution in [-0.2, 0) is 19.6 Å². The Bertz CT molecular complexity index is 1070. The summed E-state index contributed by atoms with van der Waals surface area (Å²) in [5.74, 6) is -0.523. The van der Waals surface area contributed by atoms with E-state index < -0.39 is 33.1 Å². The zero-order chi connectivity index (χ0) is 22.6. The molecule has 3 rings (SSSR count). The Hall–Kier alpha value is -2.21. The largest absolute Gasteiger partial charge is 0.376 e. The van der Waals surface area contributed by atoms with Crippen LogP contribution in [0.15, 0.2) is 51.8 Å². The fourth-order valence-corrected chi connectivity index (χ4v) is 4.95. The Labute approximate surface area is 192 Å². The molecule has 0 radical (unpaired) electrons. The molecule has 2 aromatic rings. The van der Waals surface area contributed by atoms with E-state index in [1.807, 2.05) is 0 Å². The second kappa shape index (κ2) is 9.94. The van der Waals surface area contributed by atoms with Crippen molar-refractivity contribution in [3.05, 3.63) is 62.1 Å². The van der Waals surface area contributed by atoms with Gasteiger partial charge >= 0.3 is 0 Å². The van der Waals surface area contributed by atoms with Crippen molar-refractivity contribution < 1.29 is 22.9 Å². The molecule has 1 saturated heterocycles. The van der Waals surface area contributed by atoms with Gasteiger partial charge in [-0.05, 0) is 49.2 Å². The minimum Gasteiger partial charge on any atom is -0.376 e. The predicted octanol–water partition coefficient (Wildman–Crippen LogP) is 3.50. The van der Waals surface area contributed by atoms with E-state index in [1.165, 1.54) is 18.2 Å². The minimum absolute atomic E-state index is 0.0967. The van der Waals surface area contributed by atoms with Crippen LogP contribution >= 0.6 is 27.5 Å². The molecule has 2 aromatic carbocycles. The number of nitro groups is 1. The third-order valence-electron chi connectivity index (χ3n) is 4.66. The van der Waals surface area contributed by atoms with Gasteiger partial charge in [-0.2, -0.15) is 0 Å². The highest BCUT2D eigenvalue weighted by atomic mass is 79.9. The van der Waals surface area contributed by atoms with Gasteiger partial charge in [0.2, 0.25) is 5.91 Å². The second-order valence-electron chi connectivity index (χ2n) is 6.80. The summed E-state index contributed by atoms with van der Waals surface area (Å²) in [6.45, 7) is 0.405. The number of hydrogen-bond acceptors (Lipinski definition) is 6. The molecule has 0 aliphatic carbocycles. The lowest BCUT2D eigenvalue weighted by molar-refractivity contribution is -0.384. The van der Waals surface area contributed by atoms with E-state index in [-0.39, 0.29) is 28.3 Å². The SMILES string of the molecule is O=C(CN(c1ccc(Br)cc1)S(=O)(=O)c1ccc(Cl)c([N+](=O)[O-])c1)NC[C@@H]1CCCO1. The van der Waals surface area contributed by atoms with Crippen molar-refractivity contribution in [1.82, 2.24) is 5.32 Å². The summed E-state index contributed by atoms with van der Waals surface area (Å²) in [5, 5.41) is 13.7. The van der Waals surface area contributed by atoms with Crippen molar-refractivity contribution in [2.75, 3.05) is 24.0 Å². The van der Waals surface area contributed by atoms with Gasteiger partial charge in [0.05, 0.1) is 21.6 Å². The summed E-state index contributed by atoms with van der Waals surface area (Å²) < 4.78 is 33.8. The smallest absolute Gasteiger partial charge is 0.289 e. The maximum atomic E-state index is 13.3. The molecule has 0 saturated carbocycles. The lowest BCUT2D eigenvalue weighted by Gasteiger charge is -2.24. The van der Waals surface area contributed by atoms with Crippen LogP contribution in [0.3, 0.4) is 0 Å². The summed E-state index contributed by atoms with van der Waals surface area (Å²) in [6.07, 6.45) is 1.64. The monoisotopic (exact) mass is 531 g/mol. The van der Waals surface area contributed by atoms with Gasteiger partial charge in [-0.1, -0.05) is 27.5 Å². The van der Waals surface area contributed by atoms with Crippen molar-refractivity contribution in [2.45, 2.75) is 23.8 Å². The van der Waals surface area contributed by atoms with Crippen molar-refractivity contribution in [2.24, 2.45) is 0 Å². The standard InChI is InChI=1S/C19H19BrClN3O6S/c20-13-3-5-14(6-4-13)23(12-19(25)22-11-15-2-1-9-30-15)31(28,29)16-7-8-17(21)18(10-16)24(26)27/h3-8,10,15H,1-2,9,11-12H2,(H,22,25)/t15-/m0/s1. The van der Waals surface area contributed by atoms with Crippen molar-refractivity contribution >= 4 is 54.8 Å². The van der Waals surface area contributed by atoms with E-state index in [9.17, 15) is 23.3 Å². The highest BCUT2D eigenvalue weighted by Crippen LogP contribution is 2.31. The number of nitrogens with one attached hydrogen (secondary N) is 1. The number of carbonyl (C=O) groups is 1. The molecule has 1 N–H and O–H groups in total. The molecular weight excluding hydrogens is 514 g/mol. The number of hydrogen-bond donors (Lipinski definition) is 1. The molecule has 0 unspecified atom stereocenters. The zero-order valence-corrected chi connectivity index (χ0v) is 19.3. The Kier molecular flexibility index (Phi) is 7.52. The second-order valence-corrected chi connectivity index (χ2v) is 9.98. The van der Waals surface area contributed by atoms with Crippen molar-refractivity contribution in [3.8, 4) is 0 Å². The molecular formula is C19H19BrClN3O6S. The molecule has 0 aromatic heterocycles. The van der Waals surface area contributed by atoms with Crippen molar-refractivity contribution in [3.63, 3.8) is 0 Å². The minimum atomic E-state index is -4.31. The third kappa shape index (κ3) is 5.73. The first-order valence-electron chi connectivity index (χ1n) is 9.29. The Morgan fingerprint density at radius 3 is 2.61 bits per heavy atom. The van der Waals surface area contributed by atoms with Gasteiger partial charge in [-0.15, -0.1) is 0 Å². The average Bonchev–Trinajstić information content (AvgIpc) is 3.25. The summed E-state index contributed by atoms with van der Waals surface area (Å²) in [4.78, 5) is 22.6. The van der Waals surface area contributed by atoms with Gasteiger partial charge in [-0.3, -0.25) is 19.2 Å². The van der Waals surface area contributed by atoms with E-state index in [1.54, 1.807) is 12.1 Å². The van der Waals surface area contributed by atoms with E-state index in [0.717, 1.165) is 33.8 Å². The predicted molar refractivity (Wildman–Crippen MR) is 119 cm³/mol. The van der Waals surface area contributed by atoms with Gasteiger partial charge in [0.1, 0.15) is 11.6 Å². The van der Waals surface area contributed by atoms with Crippen LogP contribution in [-0.4, -0.2) is 45.0 Å². The number of rotatable bonds is 8. The number of anilines is 1. The van der Waals surface area contributed by atoms with Crippen LogP contribution in [0.25, 0.3) is 0 Å². The first-order valence-corrected chi connectivity index (χ1v) is 11.9. The molecule has 0 spiro atoms.